The Morgan fingerprint density at radius 2 is 1.35 bits per heavy atom. The van der Waals surface area contributed by atoms with Gasteiger partial charge in [-0.3, -0.25) is 0 Å². The first kappa shape index (κ1) is 14.4. The van der Waals surface area contributed by atoms with Crippen molar-refractivity contribution in [3.63, 3.8) is 0 Å². The average molecular weight is 270 g/mol. The van der Waals surface area contributed by atoms with E-state index >= 15 is 0 Å². The highest BCUT2D eigenvalue weighted by Crippen LogP contribution is 2.38. The normalized spacial score (nSPS) is 10.5. The Kier molecular flexibility index (Phi) is 4.03. The summed E-state index contributed by atoms with van der Waals surface area (Å²) < 4.78 is 10.9. The van der Waals surface area contributed by atoms with Crippen molar-refractivity contribution in [1.29, 1.82) is 0 Å². The standard InChI is InChI=1S/C18H22O2/c1-11-7-12(2)18(13(3)8-11)16-9-15(19-5)10-17(20-6)14(16)4/h7-10H,1-6H3. The predicted molar refractivity (Wildman–Crippen MR) is 83.9 cm³/mol. The van der Waals surface area contributed by atoms with Crippen LogP contribution in [0.25, 0.3) is 11.1 Å². The lowest BCUT2D eigenvalue weighted by molar-refractivity contribution is 0.392. The third kappa shape index (κ3) is 2.51. The Morgan fingerprint density at radius 3 is 1.85 bits per heavy atom. The van der Waals surface area contributed by atoms with Crippen LogP contribution in [0.5, 0.6) is 11.5 Å². The van der Waals surface area contributed by atoms with Crippen LogP contribution in [0.3, 0.4) is 0 Å². The van der Waals surface area contributed by atoms with Gasteiger partial charge in [0.15, 0.2) is 0 Å². The second-order valence-corrected chi connectivity index (χ2v) is 5.28. The molecule has 0 aliphatic carbocycles. The summed E-state index contributed by atoms with van der Waals surface area (Å²) in [5, 5.41) is 0. The zero-order valence-electron chi connectivity index (χ0n) is 13.1. The molecule has 2 heteroatoms. The summed E-state index contributed by atoms with van der Waals surface area (Å²) in [6.07, 6.45) is 0. The van der Waals surface area contributed by atoms with Gasteiger partial charge >= 0.3 is 0 Å². The van der Waals surface area contributed by atoms with E-state index in [1.54, 1.807) is 14.2 Å². The molecule has 20 heavy (non-hydrogen) atoms. The molecular weight excluding hydrogens is 248 g/mol. The first-order valence-electron chi connectivity index (χ1n) is 6.78. The van der Waals surface area contributed by atoms with Crippen molar-refractivity contribution in [1.82, 2.24) is 0 Å². The van der Waals surface area contributed by atoms with Crippen LogP contribution in [0.2, 0.25) is 0 Å². The van der Waals surface area contributed by atoms with E-state index in [9.17, 15) is 0 Å². The number of ether oxygens (including phenoxy) is 2. The summed E-state index contributed by atoms with van der Waals surface area (Å²) in [4.78, 5) is 0. The van der Waals surface area contributed by atoms with Gasteiger partial charge in [-0.15, -0.1) is 0 Å². The number of hydrogen-bond acceptors (Lipinski definition) is 2. The second-order valence-electron chi connectivity index (χ2n) is 5.28. The van der Waals surface area contributed by atoms with E-state index in [1.807, 2.05) is 6.07 Å². The molecule has 2 aromatic rings. The molecule has 0 aliphatic rings. The van der Waals surface area contributed by atoms with E-state index in [-0.39, 0.29) is 0 Å². The van der Waals surface area contributed by atoms with Crippen LogP contribution in [0, 0.1) is 27.7 Å². The van der Waals surface area contributed by atoms with Gasteiger partial charge in [0.25, 0.3) is 0 Å². The lowest BCUT2D eigenvalue weighted by Gasteiger charge is -2.17. The second kappa shape index (κ2) is 5.58. The Morgan fingerprint density at radius 1 is 0.750 bits per heavy atom. The lowest BCUT2D eigenvalue weighted by Crippen LogP contribution is -1.97. The highest BCUT2D eigenvalue weighted by Gasteiger charge is 2.14. The summed E-state index contributed by atoms with van der Waals surface area (Å²) in [5.74, 6) is 1.68. The monoisotopic (exact) mass is 270 g/mol. The molecule has 0 fully saturated rings. The SMILES string of the molecule is COc1cc(OC)c(C)c(-c2c(C)cc(C)cc2C)c1. The van der Waals surface area contributed by atoms with Crippen molar-refractivity contribution >= 4 is 0 Å². The highest BCUT2D eigenvalue weighted by atomic mass is 16.5. The van der Waals surface area contributed by atoms with Crippen molar-refractivity contribution in [2.24, 2.45) is 0 Å². The van der Waals surface area contributed by atoms with Crippen molar-refractivity contribution in [3.05, 3.63) is 46.5 Å². The van der Waals surface area contributed by atoms with Crippen LogP contribution < -0.4 is 9.47 Å². The fourth-order valence-electron chi connectivity index (χ4n) is 2.86. The van der Waals surface area contributed by atoms with E-state index in [2.05, 4.69) is 45.9 Å². The lowest BCUT2D eigenvalue weighted by atomic mass is 9.91. The van der Waals surface area contributed by atoms with E-state index < -0.39 is 0 Å². The first-order chi connectivity index (χ1) is 9.47. The van der Waals surface area contributed by atoms with E-state index in [0.29, 0.717) is 0 Å². The molecule has 0 unspecified atom stereocenters. The molecule has 0 saturated carbocycles. The van der Waals surface area contributed by atoms with Crippen molar-refractivity contribution in [2.45, 2.75) is 27.7 Å². The Balaban J connectivity index is 2.75. The molecule has 0 heterocycles. The van der Waals surface area contributed by atoms with Crippen molar-refractivity contribution in [3.8, 4) is 22.6 Å². The van der Waals surface area contributed by atoms with Crippen LogP contribution in [-0.4, -0.2) is 14.2 Å². The Bertz CT molecular complexity index is 619. The van der Waals surface area contributed by atoms with E-state index in [4.69, 9.17) is 9.47 Å². The number of aryl methyl sites for hydroxylation is 3. The molecule has 0 bridgehead atoms. The third-order valence-corrected chi connectivity index (χ3v) is 3.74. The largest absolute Gasteiger partial charge is 0.497 e. The maximum absolute atomic E-state index is 5.47. The molecule has 0 aromatic heterocycles. The summed E-state index contributed by atoms with van der Waals surface area (Å²) in [6, 6.07) is 8.45. The minimum atomic E-state index is 0.821. The van der Waals surface area contributed by atoms with E-state index in [1.165, 1.54) is 27.8 Å². The first-order valence-corrected chi connectivity index (χ1v) is 6.78. The molecule has 2 nitrogen and oxygen atoms in total. The fraction of sp³-hybridized carbons (Fsp3) is 0.333. The van der Waals surface area contributed by atoms with Gasteiger partial charge in [-0.2, -0.15) is 0 Å². The minimum Gasteiger partial charge on any atom is -0.497 e. The van der Waals surface area contributed by atoms with Gasteiger partial charge in [0, 0.05) is 6.07 Å². The van der Waals surface area contributed by atoms with Crippen LogP contribution in [0.15, 0.2) is 24.3 Å². The maximum atomic E-state index is 5.47. The average Bonchev–Trinajstić information content (AvgIpc) is 2.39. The van der Waals surface area contributed by atoms with Crippen LogP contribution >= 0.6 is 0 Å². The van der Waals surface area contributed by atoms with Gasteiger partial charge in [-0.1, -0.05) is 17.7 Å². The van der Waals surface area contributed by atoms with Gasteiger partial charge in [0.05, 0.1) is 14.2 Å². The predicted octanol–water partition coefficient (Wildman–Crippen LogP) is 4.60. The molecule has 106 valence electrons. The molecule has 2 aromatic carbocycles. The molecule has 0 aliphatic heterocycles. The van der Waals surface area contributed by atoms with Gasteiger partial charge in [-0.05, 0) is 61.6 Å². The van der Waals surface area contributed by atoms with Gasteiger partial charge in [0.2, 0.25) is 0 Å². The topological polar surface area (TPSA) is 18.5 Å². The molecule has 0 amide bonds. The smallest absolute Gasteiger partial charge is 0.126 e. The van der Waals surface area contributed by atoms with E-state index in [0.717, 1.165) is 17.1 Å². The van der Waals surface area contributed by atoms with Crippen molar-refractivity contribution < 1.29 is 9.47 Å². The molecule has 0 spiro atoms. The number of rotatable bonds is 3. The van der Waals surface area contributed by atoms with Crippen LogP contribution in [-0.2, 0) is 0 Å². The maximum Gasteiger partial charge on any atom is 0.126 e. The summed E-state index contributed by atoms with van der Waals surface area (Å²) >= 11 is 0. The van der Waals surface area contributed by atoms with Gasteiger partial charge in [0.1, 0.15) is 11.5 Å². The molecule has 0 saturated heterocycles. The number of hydrogen-bond donors (Lipinski definition) is 0. The highest BCUT2D eigenvalue weighted by molar-refractivity contribution is 5.77. The van der Waals surface area contributed by atoms with Gasteiger partial charge < -0.3 is 9.47 Å². The summed E-state index contributed by atoms with van der Waals surface area (Å²) in [5.41, 5.74) is 7.43. The third-order valence-electron chi connectivity index (χ3n) is 3.74. The summed E-state index contributed by atoms with van der Waals surface area (Å²) in [6.45, 7) is 8.52. The number of benzene rings is 2. The van der Waals surface area contributed by atoms with Crippen molar-refractivity contribution in [2.75, 3.05) is 14.2 Å². The molecule has 0 N–H and O–H groups in total. The Labute approximate surface area is 121 Å². The number of methoxy groups -OCH3 is 2. The minimum absolute atomic E-state index is 0.821. The zero-order chi connectivity index (χ0) is 14.9. The molecule has 0 atom stereocenters. The molecule has 2 rings (SSSR count). The zero-order valence-corrected chi connectivity index (χ0v) is 13.1. The Hall–Kier alpha value is -1.96. The van der Waals surface area contributed by atoms with Crippen LogP contribution in [0.4, 0.5) is 0 Å². The van der Waals surface area contributed by atoms with Gasteiger partial charge in [-0.25, -0.2) is 0 Å². The quantitative estimate of drug-likeness (QED) is 0.811. The molecular formula is C18H22O2. The molecule has 0 radical (unpaired) electrons. The van der Waals surface area contributed by atoms with Crippen LogP contribution in [0.1, 0.15) is 22.3 Å². The fourth-order valence-corrected chi connectivity index (χ4v) is 2.86. The summed E-state index contributed by atoms with van der Waals surface area (Å²) in [7, 11) is 3.38.